The molecule has 4 heteroatoms. The van der Waals surface area contributed by atoms with Crippen molar-refractivity contribution in [2.24, 2.45) is 0 Å². The normalized spacial score (nSPS) is 12.3. The Labute approximate surface area is 76.6 Å². The number of amides is 1. The van der Waals surface area contributed by atoms with Crippen LogP contribution in [0.25, 0.3) is 0 Å². The molecule has 0 bridgehead atoms. The van der Waals surface area contributed by atoms with Crippen LogP contribution in [0.1, 0.15) is 13.8 Å². The van der Waals surface area contributed by atoms with Gasteiger partial charge in [0, 0.05) is 17.9 Å². The minimum Gasteiger partial charge on any atom is -0.351 e. The van der Waals surface area contributed by atoms with Crippen molar-refractivity contribution in [1.82, 2.24) is 5.32 Å². The number of nitrogens with one attached hydrogen (secondary N) is 1. The Morgan fingerprint density at radius 1 is 1.50 bits per heavy atom. The van der Waals surface area contributed by atoms with Crippen LogP contribution in [-0.2, 0) is 4.79 Å². The molecule has 0 aliphatic heterocycles. The molecule has 0 heterocycles. The van der Waals surface area contributed by atoms with Crippen LogP contribution < -0.4 is 5.32 Å². The van der Waals surface area contributed by atoms with E-state index >= 15 is 0 Å². The monoisotopic (exact) mass is 191 g/mol. The zero-order valence-corrected chi connectivity index (χ0v) is 8.43. The van der Waals surface area contributed by atoms with Crippen LogP contribution in [0.3, 0.4) is 0 Å². The molecule has 0 aromatic carbocycles. The predicted molar refractivity (Wildman–Crippen MR) is 50.9 cm³/mol. The van der Waals surface area contributed by atoms with Crippen molar-refractivity contribution in [2.75, 3.05) is 18.6 Å². The van der Waals surface area contributed by atoms with Gasteiger partial charge in [0.2, 0.25) is 5.91 Å². The first-order chi connectivity index (χ1) is 5.59. The molecule has 0 unspecified atom stereocenters. The fourth-order valence-electron chi connectivity index (χ4n) is 0.556. The van der Waals surface area contributed by atoms with E-state index in [1.165, 1.54) is 13.8 Å². The number of carbonyl (C=O) groups excluding carboxylic acids is 1. The smallest absolute Gasteiger partial charge is 0.249 e. The molecular weight excluding hydrogens is 177 g/mol. The molecule has 0 saturated heterocycles. The van der Waals surface area contributed by atoms with Crippen molar-refractivity contribution in [3.05, 3.63) is 11.4 Å². The van der Waals surface area contributed by atoms with Gasteiger partial charge in [-0.3, -0.25) is 4.79 Å². The van der Waals surface area contributed by atoms with Crippen molar-refractivity contribution in [3.8, 4) is 0 Å². The summed E-state index contributed by atoms with van der Waals surface area (Å²) >= 11 is 1.64. The van der Waals surface area contributed by atoms with Crippen LogP contribution in [0.4, 0.5) is 4.39 Å². The van der Waals surface area contributed by atoms with E-state index in [9.17, 15) is 9.18 Å². The van der Waals surface area contributed by atoms with E-state index in [1.54, 1.807) is 11.8 Å². The fourth-order valence-corrected chi connectivity index (χ4v) is 0.862. The standard InChI is InChI=1S/C8H14FNOS/c1-6(7(2)9)8(11)10-4-5-12-3/h4-5H2,1-3H3,(H,10,11). The summed E-state index contributed by atoms with van der Waals surface area (Å²) in [5, 5.41) is 2.61. The maximum atomic E-state index is 12.5. The van der Waals surface area contributed by atoms with Gasteiger partial charge < -0.3 is 5.32 Å². The highest BCUT2D eigenvalue weighted by Gasteiger charge is 2.05. The van der Waals surface area contributed by atoms with Gasteiger partial charge in [-0.1, -0.05) is 0 Å². The van der Waals surface area contributed by atoms with Crippen molar-refractivity contribution in [2.45, 2.75) is 13.8 Å². The predicted octanol–water partition coefficient (Wildman–Crippen LogP) is 1.73. The first kappa shape index (κ1) is 11.5. The third-order valence-corrected chi connectivity index (χ3v) is 2.06. The number of allylic oxidation sites excluding steroid dienone is 1. The zero-order chi connectivity index (χ0) is 9.56. The number of rotatable bonds is 4. The Bertz CT molecular complexity index is 187. The first-order valence-electron chi connectivity index (χ1n) is 3.69. The number of hydrogen-bond donors (Lipinski definition) is 1. The van der Waals surface area contributed by atoms with Gasteiger partial charge in [0.05, 0.1) is 0 Å². The first-order valence-corrected chi connectivity index (χ1v) is 5.09. The van der Waals surface area contributed by atoms with Gasteiger partial charge in [0.25, 0.3) is 0 Å². The minimum absolute atomic E-state index is 0.163. The van der Waals surface area contributed by atoms with Gasteiger partial charge in [0.15, 0.2) is 0 Å². The number of thioether (sulfide) groups is 1. The summed E-state index contributed by atoms with van der Waals surface area (Å²) in [5.41, 5.74) is 0.163. The molecule has 0 spiro atoms. The number of halogens is 1. The van der Waals surface area contributed by atoms with Crippen LogP contribution in [0.5, 0.6) is 0 Å². The molecule has 12 heavy (non-hydrogen) atoms. The molecule has 0 aromatic rings. The minimum atomic E-state index is -0.420. The average Bonchev–Trinajstić information content (AvgIpc) is 2.03. The van der Waals surface area contributed by atoms with Crippen LogP contribution >= 0.6 is 11.8 Å². The molecule has 0 saturated carbocycles. The highest BCUT2D eigenvalue weighted by atomic mass is 32.2. The lowest BCUT2D eigenvalue weighted by Gasteiger charge is -2.03. The Balaban J connectivity index is 3.81. The maximum Gasteiger partial charge on any atom is 0.249 e. The van der Waals surface area contributed by atoms with E-state index in [0.717, 1.165) is 5.75 Å². The summed E-state index contributed by atoms with van der Waals surface area (Å²) in [6, 6.07) is 0. The summed E-state index contributed by atoms with van der Waals surface area (Å²) in [5.74, 6) is 0.116. The summed E-state index contributed by atoms with van der Waals surface area (Å²) in [6.45, 7) is 3.35. The molecule has 0 aliphatic carbocycles. The molecule has 1 N–H and O–H groups in total. The lowest BCUT2D eigenvalue weighted by Crippen LogP contribution is -2.26. The molecule has 70 valence electrons. The molecule has 0 fully saturated rings. The van der Waals surface area contributed by atoms with E-state index in [2.05, 4.69) is 5.32 Å². The number of carbonyl (C=O) groups is 1. The summed E-state index contributed by atoms with van der Waals surface area (Å²) in [4.78, 5) is 11.0. The SMILES string of the molecule is CSCCNC(=O)C(C)=C(C)F. The third kappa shape index (κ3) is 4.38. The van der Waals surface area contributed by atoms with Gasteiger partial charge in [-0.05, 0) is 20.1 Å². The second-order valence-electron chi connectivity index (χ2n) is 2.41. The summed E-state index contributed by atoms with van der Waals surface area (Å²) < 4.78 is 12.5. The Morgan fingerprint density at radius 3 is 2.50 bits per heavy atom. The molecule has 0 atom stereocenters. The van der Waals surface area contributed by atoms with E-state index in [1.807, 2.05) is 6.26 Å². The van der Waals surface area contributed by atoms with E-state index < -0.39 is 5.83 Å². The van der Waals surface area contributed by atoms with Gasteiger partial charge in [0.1, 0.15) is 5.83 Å². The number of hydrogen-bond acceptors (Lipinski definition) is 2. The second-order valence-corrected chi connectivity index (χ2v) is 3.39. The summed E-state index contributed by atoms with van der Waals surface area (Å²) in [7, 11) is 0. The summed E-state index contributed by atoms with van der Waals surface area (Å²) in [6.07, 6.45) is 1.95. The van der Waals surface area contributed by atoms with Crippen LogP contribution in [0.2, 0.25) is 0 Å². The maximum absolute atomic E-state index is 12.5. The topological polar surface area (TPSA) is 29.1 Å². The molecule has 1 amide bonds. The van der Waals surface area contributed by atoms with Crippen LogP contribution in [0.15, 0.2) is 11.4 Å². The molecule has 0 rings (SSSR count). The molecule has 0 aromatic heterocycles. The lowest BCUT2D eigenvalue weighted by molar-refractivity contribution is -0.117. The van der Waals surface area contributed by atoms with E-state index in [-0.39, 0.29) is 11.5 Å². The van der Waals surface area contributed by atoms with E-state index in [4.69, 9.17) is 0 Å². The highest BCUT2D eigenvalue weighted by molar-refractivity contribution is 7.98. The van der Waals surface area contributed by atoms with Crippen molar-refractivity contribution < 1.29 is 9.18 Å². The Morgan fingerprint density at radius 2 is 2.08 bits per heavy atom. The second kappa shape index (κ2) is 6.06. The largest absolute Gasteiger partial charge is 0.351 e. The van der Waals surface area contributed by atoms with E-state index in [0.29, 0.717) is 6.54 Å². The van der Waals surface area contributed by atoms with Crippen molar-refractivity contribution in [1.29, 1.82) is 0 Å². The van der Waals surface area contributed by atoms with Crippen LogP contribution in [0, 0.1) is 0 Å². The molecular formula is C8H14FNOS. The molecule has 2 nitrogen and oxygen atoms in total. The highest BCUT2D eigenvalue weighted by Crippen LogP contribution is 2.03. The average molecular weight is 191 g/mol. The van der Waals surface area contributed by atoms with Crippen LogP contribution in [-0.4, -0.2) is 24.5 Å². The van der Waals surface area contributed by atoms with Gasteiger partial charge >= 0.3 is 0 Å². The van der Waals surface area contributed by atoms with Crippen molar-refractivity contribution in [3.63, 3.8) is 0 Å². The molecule has 0 aliphatic rings. The third-order valence-electron chi connectivity index (χ3n) is 1.45. The Hall–Kier alpha value is -0.510. The quantitative estimate of drug-likeness (QED) is 0.541. The lowest BCUT2D eigenvalue weighted by atomic mass is 10.2. The van der Waals surface area contributed by atoms with Gasteiger partial charge in [-0.25, -0.2) is 4.39 Å². The molecule has 0 radical (unpaired) electrons. The fraction of sp³-hybridized carbons (Fsp3) is 0.625. The zero-order valence-electron chi connectivity index (χ0n) is 7.61. The van der Waals surface area contributed by atoms with Crippen molar-refractivity contribution >= 4 is 17.7 Å². The van der Waals surface area contributed by atoms with Gasteiger partial charge in [-0.2, -0.15) is 11.8 Å². The Kier molecular flexibility index (Phi) is 5.80. The van der Waals surface area contributed by atoms with Gasteiger partial charge in [-0.15, -0.1) is 0 Å².